The molecule has 176 valence electrons. The van der Waals surface area contributed by atoms with Crippen LogP contribution in [0, 0.1) is 18.3 Å². The third kappa shape index (κ3) is 6.42. The summed E-state index contributed by atoms with van der Waals surface area (Å²) in [6, 6.07) is 9.54. The molecule has 2 saturated heterocycles. The van der Waals surface area contributed by atoms with Crippen LogP contribution in [0.1, 0.15) is 36.8 Å². The van der Waals surface area contributed by atoms with E-state index in [0.29, 0.717) is 25.9 Å². The zero-order valence-corrected chi connectivity index (χ0v) is 18.9. The summed E-state index contributed by atoms with van der Waals surface area (Å²) in [6.07, 6.45) is 4.74. The highest BCUT2D eigenvalue weighted by molar-refractivity contribution is 5.99. The molecule has 2 aliphatic heterocycles. The quantitative estimate of drug-likeness (QED) is 0.546. The van der Waals surface area contributed by atoms with Crippen LogP contribution in [-0.4, -0.2) is 82.3 Å². The van der Waals surface area contributed by atoms with Crippen molar-refractivity contribution in [2.75, 3.05) is 32.7 Å². The summed E-state index contributed by atoms with van der Waals surface area (Å²) < 4.78 is 0. The predicted molar refractivity (Wildman–Crippen MR) is 121 cm³/mol. The molecule has 1 N–H and O–H groups in total. The number of benzene rings is 1. The first kappa shape index (κ1) is 25.6. The smallest absolute Gasteiger partial charge is 0.290 e. The average Bonchev–Trinajstić information content (AvgIpc) is 3.40. The van der Waals surface area contributed by atoms with E-state index in [-0.39, 0.29) is 30.7 Å². The first-order chi connectivity index (χ1) is 15.8. The summed E-state index contributed by atoms with van der Waals surface area (Å²) in [5.74, 6) is -0.233. The maximum atomic E-state index is 12.6. The van der Waals surface area contributed by atoms with Crippen LogP contribution in [0.25, 0.3) is 0 Å². The van der Waals surface area contributed by atoms with Gasteiger partial charge in [-0.1, -0.05) is 24.3 Å². The van der Waals surface area contributed by atoms with Gasteiger partial charge in [0.05, 0.1) is 18.2 Å². The van der Waals surface area contributed by atoms with E-state index in [1.54, 1.807) is 9.80 Å². The molecule has 4 rings (SSSR count). The van der Waals surface area contributed by atoms with Gasteiger partial charge in [-0.3, -0.25) is 19.2 Å². The van der Waals surface area contributed by atoms with Gasteiger partial charge in [0, 0.05) is 26.2 Å². The van der Waals surface area contributed by atoms with Crippen molar-refractivity contribution in [1.82, 2.24) is 14.7 Å². The molecule has 1 aliphatic carbocycles. The Morgan fingerprint density at radius 2 is 1.73 bits per heavy atom. The molecule has 3 fully saturated rings. The van der Waals surface area contributed by atoms with Crippen molar-refractivity contribution in [2.45, 2.75) is 38.1 Å². The van der Waals surface area contributed by atoms with Crippen LogP contribution in [0.3, 0.4) is 0 Å². The number of rotatable bonds is 3. The number of piperazine rings is 1. The molecule has 2 heterocycles. The molecule has 9 nitrogen and oxygen atoms in total. The molecule has 0 radical (unpaired) electrons. The fourth-order valence-corrected chi connectivity index (χ4v) is 3.99. The monoisotopic (exact) mass is 454 g/mol. The van der Waals surface area contributed by atoms with Crippen LogP contribution < -0.4 is 0 Å². The van der Waals surface area contributed by atoms with Gasteiger partial charge < -0.3 is 19.8 Å². The summed E-state index contributed by atoms with van der Waals surface area (Å²) >= 11 is 0. The standard InChI is InChI=1S/C15H21N3O3.C8H7N.CH2O2/c1-2-12(19)18-10-9-17(14(21)15(18)5-6-15)11-13(20)16-7-3-4-8-16;1-7-2-4-8(6-9)5-3-7;2-1-3/h2H,1,3-11H2;2-5H,1H3;1H,(H,2,3). The highest BCUT2D eigenvalue weighted by Crippen LogP contribution is 2.45. The Morgan fingerprint density at radius 3 is 2.21 bits per heavy atom. The molecule has 3 amide bonds. The van der Waals surface area contributed by atoms with Crippen molar-refractivity contribution in [3.05, 3.63) is 48.0 Å². The van der Waals surface area contributed by atoms with Crippen molar-refractivity contribution < 1.29 is 24.3 Å². The van der Waals surface area contributed by atoms with Crippen LogP contribution in [-0.2, 0) is 19.2 Å². The van der Waals surface area contributed by atoms with Crippen molar-refractivity contribution in [3.8, 4) is 6.07 Å². The van der Waals surface area contributed by atoms with Crippen molar-refractivity contribution in [2.24, 2.45) is 0 Å². The first-order valence-corrected chi connectivity index (χ1v) is 10.9. The van der Waals surface area contributed by atoms with E-state index < -0.39 is 5.54 Å². The number of amides is 3. The molecular formula is C24H30N4O5. The SMILES string of the molecule is C=CC(=O)N1CCN(CC(=O)N2CCCC2)C(=O)C12CC2.Cc1ccc(C#N)cc1.O=CO. The topological polar surface area (TPSA) is 122 Å². The fraction of sp³-hybridized carbons (Fsp3) is 0.458. The lowest BCUT2D eigenvalue weighted by Crippen LogP contribution is -2.61. The molecule has 1 aromatic rings. The van der Waals surface area contributed by atoms with E-state index in [9.17, 15) is 14.4 Å². The normalized spacial score (nSPS) is 17.7. The Bertz CT molecular complexity index is 912. The van der Waals surface area contributed by atoms with Crippen LogP contribution in [0.15, 0.2) is 36.9 Å². The third-order valence-electron chi connectivity index (χ3n) is 5.93. The summed E-state index contributed by atoms with van der Waals surface area (Å²) in [4.78, 5) is 50.1. The van der Waals surface area contributed by atoms with Gasteiger partial charge in [-0.15, -0.1) is 0 Å². The summed E-state index contributed by atoms with van der Waals surface area (Å²) in [5, 5.41) is 15.3. The molecular weight excluding hydrogens is 424 g/mol. The van der Waals surface area contributed by atoms with Gasteiger partial charge >= 0.3 is 0 Å². The Morgan fingerprint density at radius 1 is 1.15 bits per heavy atom. The lowest BCUT2D eigenvalue weighted by molar-refractivity contribution is -0.154. The molecule has 0 aromatic heterocycles. The van der Waals surface area contributed by atoms with E-state index in [1.807, 2.05) is 36.1 Å². The second-order valence-corrected chi connectivity index (χ2v) is 8.12. The number of aryl methyl sites for hydroxylation is 1. The maximum absolute atomic E-state index is 12.6. The number of carbonyl (C=O) groups is 4. The number of nitrogens with zero attached hydrogens (tertiary/aromatic N) is 4. The summed E-state index contributed by atoms with van der Waals surface area (Å²) in [6.45, 7) is 7.92. The molecule has 1 saturated carbocycles. The minimum atomic E-state index is -0.686. The molecule has 0 unspecified atom stereocenters. The number of carbonyl (C=O) groups excluding carboxylic acids is 3. The molecule has 1 aromatic carbocycles. The molecule has 0 bridgehead atoms. The fourth-order valence-electron chi connectivity index (χ4n) is 3.99. The minimum absolute atomic E-state index is 0.0279. The molecule has 0 atom stereocenters. The molecule has 3 aliphatic rings. The lowest BCUT2D eigenvalue weighted by Gasteiger charge is -2.40. The zero-order valence-electron chi connectivity index (χ0n) is 18.9. The van der Waals surface area contributed by atoms with E-state index in [2.05, 4.69) is 12.6 Å². The molecule has 9 heteroatoms. The van der Waals surface area contributed by atoms with E-state index in [0.717, 1.165) is 31.5 Å². The third-order valence-corrected chi connectivity index (χ3v) is 5.93. The Labute approximate surface area is 193 Å². The predicted octanol–water partition coefficient (Wildman–Crippen LogP) is 1.57. The summed E-state index contributed by atoms with van der Waals surface area (Å²) in [7, 11) is 0. The number of hydrogen-bond acceptors (Lipinski definition) is 5. The highest BCUT2D eigenvalue weighted by Gasteiger charge is 2.59. The minimum Gasteiger partial charge on any atom is -0.483 e. The number of carboxylic acid groups (broad SMARTS) is 1. The lowest BCUT2D eigenvalue weighted by atomic mass is 10.1. The average molecular weight is 455 g/mol. The largest absolute Gasteiger partial charge is 0.483 e. The number of likely N-dealkylation sites (tertiary alicyclic amines) is 1. The van der Waals surface area contributed by atoms with Crippen LogP contribution in [0.2, 0.25) is 0 Å². The highest BCUT2D eigenvalue weighted by atomic mass is 16.3. The first-order valence-electron chi connectivity index (χ1n) is 10.9. The number of nitriles is 1. The van der Waals surface area contributed by atoms with Crippen molar-refractivity contribution in [1.29, 1.82) is 5.26 Å². The Balaban J connectivity index is 0.000000267. The van der Waals surface area contributed by atoms with Crippen LogP contribution in [0.4, 0.5) is 0 Å². The zero-order chi connectivity index (χ0) is 24.4. The Hall–Kier alpha value is -3.67. The van der Waals surface area contributed by atoms with Gasteiger partial charge in [0.2, 0.25) is 17.7 Å². The van der Waals surface area contributed by atoms with Gasteiger partial charge in [-0.25, -0.2) is 0 Å². The second-order valence-electron chi connectivity index (χ2n) is 8.12. The van der Waals surface area contributed by atoms with Crippen molar-refractivity contribution in [3.63, 3.8) is 0 Å². The van der Waals surface area contributed by atoms with Gasteiger partial charge in [-0.2, -0.15) is 5.26 Å². The van der Waals surface area contributed by atoms with Gasteiger partial charge in [0.25, 0.3) is 6.47 Å². The second kappa shape index (κ2) is 11.8. The van der Waals surface area contributed by atoms with Gasteiger partial charge in [-0.05, 0) is 50.8 Å². The van der Waals surface area contributed by atoms with E-state index in [1.165, 1.54) is 11.6 Å². The summed E-state index contributed by atoms with van der Waals surface area (Å²) in [5.41, 5.74) is 1.23. The maximum Gasteiger partial charge on any atom is 0.290 e. The molecule has 1 spiro atoms. The van der Waals surface area contributed by atoms with E-state index >= 15 is 0 Å². The molecule has 33 heavy (non-hydrogen) atoms. The van der Waals surface area contributed by atoms with Crippen LogP contribution >= 0.6 is 0 Å². The van der Waals surface area contributed by atoms with E-state index in [4.69, 9.17) is 15.2 Å². The Kier molecular flexibility index (Phi) is 9.16. The van der Waals surface area contributed by atoms with Crippen LogP contribution in [0.5, 0.6) is 0 Å². The van der Waals surface area contributed by atoms with Crippen molar-refractivity contribution >= 4 is 24.2 Å². The van der Waals surface area contributed by atoms with Gasteiger partial charge in [0.15, 0.2) is 0 Å². The van der Waals surface area contributed by atoms with Gasteiger partial charge in [0.1, 0.15) is 5.54 Å². The number of hydrogen-bond donors (Lipinski definition) is 1.